The number of sulfonamides is 1. The van der Waals surface area contributed by atoms with Gasteiger partial charge in [0, 0.05) is 30.0 Å². The van der Waals surface area contributed by atoms with Crippen LogP contribution in [0.3, 0.4) is 0 Å². The summed E-state index contributed by atoms with van der Waals surface area (Å²) in [4.78, 5) is 30.2. The van der Waals surface area contributed by atoms with Crippen molar-refractivity contribution in [2.45, 2.75) is 44.7 Å². The summed E-state index contributed by atoms with van der Waals surface area (Å²) in [5.41, 5.74) is 2.62. The molecule has 11 heteroatoms. The molecule has 0 heterocycles. The van der Waals surface area contributed by atoms with Gasteiger partial charge in [-0.1, -0.05) is 89.9 Å². The zero-order chi connectivity index (χ0) is 34.8. The van der Waals surface area contributed by atoms with Crippen LogP contribution in [0.5, 0.6) is 11.5 Å². The highest BCUT2D eigenvalue weighted by molar-refractivity contribution is 9.10. The maximum Gasteiger partial charge on any atom is 0.264 e. The minimum Gasteiger partial charge on any atom is -0.497 e. The van der Waals surface area contributed by atoms with Gasteiger partial charge in [-0.2, -0.15) is 0 Å². The number of ether oxygens (including phenoxy) is 2. The Morgan fingerprint density at radius 1 is 0.854 bits per heavy atom. The van der Waals surface area contributed by atoms with E-state index < -0.39 is 28.5 Å². The number of aryl methyl sites for hydroxylation is 1. The van der Waals surface area contributed by atoms with Crippen molar-refractivity contribution in [1.82, 2.24) is 10.2 Å². The highest BCUT2D eigenvalue weighted by Gasteiger charge is 2.36. The summed E-state index contributed by atoms with van der Waals surface area (Å²) in [7, 11) is -1.42. The van der Waals surface area contributed by atoms with Crippen molar-refractivity contribution in [3.63, 3.8) is 0 Å². The molecule has 0 aliphatic heterocycles. The molecular weight excluding hydrogens is 694 g/mol. The van der Waals surface area contributed by atoms with Crippen molar-refractivity contribution >= 4 is 43.5 Å². The Labute approximate surface area is 292 Å². The van der Waals surface area contributed by atoms with Gasteiger partial charge in [-0.3, -0.25) is 13.9 Å². The molecule has 2 amide bonds. The molecule has 4 aromatic rings. The number of carbonyl (C=O) groups is 2. The van der Waals surface area contributed by atoms with Crippen LogP contribution in [0.4, 0.5) is 5.69 Å². The van der Waals surface area contributed by atoms with E-state index in [1.54, 1.807) is 24.3 Å². The van der Waals surface area contributed by atoms with Crippen molar-refractivity contribution in [3.05, 3.63) is 118 Å². The molecule has 0 aromatic heterocycles. The zero-order valence-electron chi connectivity index (χ0n) is 27.9. The number of halogens is 1. The molecule has 254 valence electrons. The number of amides is 2. The highest BCUT2D eigenvalue weighted by Crippen LogP contribution is 2.36. The summed E-state index contributed by atoms with van der Waals surface area (Å²) in [6.45, 7) is 5.70. The van der Waals surface area contributed by atoms with Gasteiger partial charge in [0.05, 0.1) is 24.8 Å². The average molecular weight is 737 g/mol. The summed E-state index contributed by atoms with van der Waals surface area (Å²) >= 11 is 3.51. The van der Waals surface area contributed by atoms with Crippen molar-refractivity contribution < 1.29 is 27.5 Å². The fraction of sp³-hybridized carbons (Fsp3) is 0.297. The number of nitrogens with zero attached hydrogens (tertiary/aromatic N) is 2. The van der Waals surface area contributed by atoms with Crippen LogP contribution in [0, 0.1) is 12.8 Å². The molecule has 1 atom stereocenters. The third-order valence-corrected chi connectivity index (χ3v) is 10.0. The molecule has 0 fully saturated rings. The second-order valence-electron chi connectivity index (χ2n) is 11.9. The van der Waals surface area contributed by atoms with Gasteiger partial charge in [-0.15, -0.1) is 0 Å². The smallest absolute Gasteiger partial charge is 0.264 e. The lowest BCUT2D eigenvalue weighted by atomic mass is 10.0. The Kier molecular flexibility index (Phi) is 12.7. The molecule has 0 unspecified atom stereocenters. The maximum atomic E-state index is 14.7. The number of hydrogen-bond acceptors (Lipinski definition) is 6. The number of rotatable bonds is 15. The van der Waals surface area contributed by atoms with Crippen LogP contribution in [0.1, 0.15) is 30.5 Å². The van der Waals surface area contributed by atoms with Gasteiger partial charge in [0.2, 0.25) is 11.8 Å². The Morgan fingerprint density at radius 2 is 1.54 bits per heavy atom. The van der Waals surface area contributed by atoms with Crippen molar-refractivity contribution in [1.29, 1.82) is 0 Å². The summed E-state index contributed by atoms with van der Waals surface area (Å²) in [6.07, 6.45) is 0.220. The number of methoxy groups -OCH3 is 2. The lowest BCUT2D eigenvalue weighted by Crippen LogP contribution is -2.53. The molecule has 1 N–H and O–H groups in total. The molecule has 0 spiro atoms. The van der Waals surface area contributed by atoms with Gasteiger partial charge in [0.25, 0.3) is 10.0 Å². The molecular formula is C37H42BrN3O6S. The molecule has 0 saturated carbocycles. The van der Waals surface area contributed by atoms with Gasteiger partial charge < -0.3 is 19.7 Å². The molecule has 9 nitrogen and oxygen atoms in total. The average Bonchev–Trinajstić information content (AvgIpc) is 3.07. The summed E-state index contributed by atoms with van der Waals surface area (Å²) in [5, 5.41) is 3.00. The molecule has 0 aliphatic carbocycles. The van der Waals surface area contributed by atoms with E-state index >= 15 is 0 Å². The minimum atomic E-state index is -4.32. The highest BCUT2D eigenvalue weighted by atomic mass is 79.9. The first-order valence-electron chi connectivity index (χ1n) is 15.6. The molecule has 4 rings (SSSR count). The molecule has 0 bridgehead atoms. The third-order valence-electron chi connectivity index (χ3n) is 7.74. The van der Waals surface area contributed by atoms with Gasteiger partial charge >= 0.3 is 0 Å². The largest absolute Gasteiger partial charge is 0.497 e. The summed E-state index contributed by atoms with van der Waals surface area (Å²) in [6, 6.07) is 27.1. The fourth-order valence-electron chi connectivity index (χ4n) is 5.15. The SMILES string of the molecule is COc1ccc(OC)c(N(CC(=O)N(Cc2cccc(Br)c2)[C@H](Cc2ccccc2)C(=O)NCC(C)C)S(=O)(=O)c2ccc(C)cc2)c1. The van der Waals surface area contributed by atoms with Crippen LogP contribution in [0.15, 0.2) is 106 Å². The molecule has 0 aliphatic rings. The second kappa shape index (κ2) is 16.7. The Morgan fingerprint density at radius 3 is 2.17 bits per heavy atom. The van der Waals surface area contributed by atoms with E-state index in [-0.39, 0.29) is 41.1 Å². The molecule has 48 heavy (non-hydrogen) atoms. The summed E-state index contributed by atoms with van der Waals surface area (Å²) in [5.74, 6) is -0.119. The number of nitrogens with one attached hydrogen (secondary N) is 1. The first-order chi connectivity index (χ1) is 22.9. The van der Waals surface area contributed by atoms with Gasteiger partial charge in [0.1, 0.15) is 24.1 Å². The van der Waals surface area contributed by atoms with E-state index in [0.717, 1.165) is 25.5 Å². The van der Waals surface area contributed by atoms with Crippen LogP contribution in [0.2, 0.25) is 0 Å². The maximum absolute atomic E-state index is 14.7. The van der Waals surface area contributed by atoms with Gasteiger partial charge in [0.15, 0.2) is 0 Å². The predicted molar refractivity (Wildman–Crippen MR) is 192 cm³/mol. The van der Waals surface area contributed by atoms with E-state index in [2.05, 4.69) is 21.2 Å². The Hall–Kier alpha value is -4.35. The number of carbonyl (C=O) groups excluding carboxylic acids is 2. The van der Waals surface area contributed by atoms with E-state index in [1.807, 2.05) is 75.4 Å². The van der Waals surface area contributed by atoms with E-state index in [0.29, 0.717) is 12.3 Å². The van der Waals surface area contributed by atoms with E-state index in [4.69, 9.17) is 9.47 Å². The monoisotopic (exact) mass is 735 g/mol. The standard InChI is InChI=1S/C37H42BrN3O6S/c1-26(2)23-39-37(43)34(21-28-10-7-6-8-11-28)40(24-29-12-9-13-30(38)20-29)36(42)25-41(33-22-31(46-4)16-19-35(33)47-5)48(44,45)32-17-14-27(3)15-18-32/h6-20,22,26,34H,21,23-25H2,1-5H3,(H,39,43)/t34-/m1/s1. The first-order valence-corrected chi connectivity index (χ1v) is 17.8. The Balaban J connectivity index is 1.86. The van der Waals surface area contributed by atoms with Gasteiger partial charge in [-0.25, -0.2) is 8.42 Å². The van der Waals surface area contributed by atoms with Crippen molar-refractivity contribution in [3.8, 4) is 11.5 Å². The van der Waals surface area contributed by atoms with Crippen LogP contribution in [-0.2, 0) is 32.6 Å². The lowest BCUT2D eigenvalue weighted by molar-refractivity contribution is -0.140. The molecule has 4 aromatic carbocycles. The van der Waals surface area contributed by atoms with Crippen LogP contribution in [0.25, 0.3) is 0 Å². The number of anilines is 1. The number of benzene rings is 4. The van der Waals surface area contributed by atoms with Crippen LogP contribution in [-0.4, -0.2) is 58.5 Å². The normalized spacial score (nSPS) is 11.9. The fourth-order valence-corrected chi connectivity index (χ4v) is 7.01. The van der Waals surface area contributed by atoms with Crippen LogP contribution >= 0.6 is 15.9 Å². The van der Waals surface area contributed by atoms with E-state index in [1.165, 1.54) is 37.3 Å². The third kappa shape index (κ3) is 9.38. The van der Waals surface area contributed by atoms with Gasteiger partial charge in [-0.05, 0) is 60.4 Å². The predicted octanol–water partition coefficient (Wildman–Crippen LogP) is 6.38. The molecule has 0 radical (unpaired) electrons. The number of hydrogen-bond donors (Lipinski definition) is 1. The first kappa shape index (κ1) is 36.5. The zero-order valence-corrected chi connectivity index (χ0v) is 30.3. The topological polar surface area (TPSA) is 105 Å². The Bertz CT molecular complexity index is 1800. The second-order valence-corrected chi connectivity index (χ2v) is 14.6. The van der Waals surface area contributed by atoms with Crippen molar-refractivity contribution in [2.24, 2.45) is 5.92 Å². The lowest BCUT2D eigenvalue weighted by Gasteiger charge is -2.34. The summed E-state index contributed by atoms with van der Waals surface area (Å²) < 4.78 is 41.7. The van der Waals surface area contributed by atoms with E-state index in [9.17, 15) is 18.0 Å². The molecule has 0 saturated heterocycles. The van der Waals surface area contributed by atoms with Crippen molar-refractivity contribution in [2.75, 3.05) is 31.6 Å². The van der Waals surface area contributed by atoms with Crippen LogP contribution < -0.4 is 19.1 Å². The quantitative estimate of drug-likeness (QED) is 0.152. The minimum absolute atomic E-state index is 0.000162.